The Bertz CT molecular complexity index is 794. The summed E-state index contributed by atoms with van der Waals surface area (Å²) in [6, 6.07) is 13.3. The zero-order valence-electron chi connectivity index (χ0n) is 16.8. The molecule has 1 atom stereocenters. The Morgan fingerprint density at radius 1 is 0.963 bits per heavy atom. The lowest BCUT2D eigenvalue weighted by Crippen LogP contribution is -2.31. The van der Waals surface area contributed by atoms with Gasteiger partial charge < -0.3 is 10.1 Å². The van der Waals surface area contributed by atoms with Crippen LogP contribution in [-0.4, -0.2) is 18.8 Å². The lowest BCUT2D eigenvalue weighted by Gasteiger charge is -2.23. The first-order chi connectivity index (χ1) is 12.8. The number of ketones is 1. The summed E-state index contributed by atoms with van der Waals surface area (Å²) in [5, 5.41) is 3.07. The quantitative estimate of drug-likeness (QED) is 0.683. The molecule has 0 radical (unpaired) electrons. The predicted molar refractivity (Wildman–Crippen MR) is 108 cm³/mol. The molecule has 0 spiro atoms. The van der Waals surface area contributed by atoms with Gasteiger partial charge in [0.05, 0.1) is 13.2 Å². The Morgan fingerprint density at radius 3 is 2.19 bits per heavy atom. The molecule has 0 aliphatic heterocycles. The molecule has 4 nitrogen and oxygen atoms in total. The molecule has 0 saturated carbocycles. The number of aryl methyl sites for hydroxylation is 2. The van der Waals surface area contributed by atoms with E-state index in [1.165, 1.54) is 0 Å². The third-order valence-electron chi connectivity index (χ3n) is 4.87. The molecular weight excluding hydrogens is 338 g/mol. The molecule has 1 unspecified atom stereocenters. The van der Waals surface area contributed by atoms with E-state index in [9.17, 15) is 9.59 Å². The van der Waals surface area contributed by atoms with Crippen molar-refractivity contribution >= 4 is 11.7 Å². The Balaban J connectivity index is 1.97. The van der Waals surface area contributed by atoms with Crippen molar-refractivity contribution in [1.29, 1.82) is 0 Å². The van der Waals surface area contributed by atoms with Crippen molar-refractivity contribution in [1.82, 2.24) is 5.32 Å². The average Bonchev–Trinajstić information content (AvgIpc) is 2.66. The number of hydrogen-bond acceptors (Lipinski definition) is 3. The average molecular weight is 367 g/mol. The van der Waals surface area contributed by atoms with E-state index in [2.05, 4.69) is 19.2 Å². The van der Waals surface area contributed by atoms with Crippen molar-refractivity contribution in [2.75, 3.05) is 7.11 Å². The molecule has 0 saturated heterocycles. The van der Waals surface area contributed by atoms with Crippen LogP contribution in [0.3, 0.4) is 0 Å². The van der Waals surface area contributed by atoms with Gasteiger partial charge in [-0.05, 0) is 54.7 Å². The molecule has 1 amide bonds. The van der Waals surface area contributed by atoms with Gasteiger partial charge in [0.15, 0.2) is 5.78 Å². The standard InChI is InChI=1S/C23H29NO3/c1-15(2)23(18-8-10-20(27-5)11-9-18)24-22(26)13-12-21(25)19-7-6-16(3)17(4)14-19/h6-11,14-15,23H,12-13H2,1-5H3,(H,24,26). The third-order valence-corrected chi connectivity index (χ3v) is 4.87. The minimum absolute atomic E-state index is 0.00112. The third kappa shape index (κ3) is 5.68. The zero-order chi connectivity index (χ0) is 20.0. The van der Waals surface area contributed by atoms with Crippen LogP contribution in [-0.2, 0) is 4.79 Å². The number of Topliss-reactive ketones (excluding diaryl/α,β-unsaturated/α-hetero) is 1. The number of benzene rings is 2. The fourth-order valence-corrected chi connectivity index (χ4v) is 2.98. The number of rotatable bonds is 8. The van der Waals surface area contributed by atoms with Gasteiger partial charge in [0, 0.05) is 18.4 Å². The number of carbonyl (C=O) groups is 2. The minimum Gasteiger partial charge on any atom is -0.497 e. The second-order valence-corrected chi connectivity index (χ2v) is 7.28. The van der Waals surface area contributed by atoms with Crippen molar-refractivity contribution in [2.24, 2.45) is 5.92 Å². The lowest BCUT2D eigenvalue weighted by atomic mass is 9.95. The van der Waals surface area contributed by atoms with Gasteiger partial charge in [0.1, 0.15) is 5.75 Å². The van der Waals surface area contributed by atoms with Crippen molar-refractivity contribution in [3.63, 3.8) is 0 Å². The van der Waals surface area contributed by atoms with Crippen LogP contribution in [0.2, 0.25) is 0 Å². The fourth-order valence-electron chi connectivity index (χ4n) is 2.98. The van der Waals surface area contributed by atoms with Crippen molar-refractivity contribution in [3.8, 4) is 5.75 Å². The second kappa shape index (κ2) is 9.36. The summed E-state index contributed by atoms with van der Waals surface area (Å²) in [5.41, 5.74) is 3.94. The van der Waals surface area contributed by atoms with Gasteiger partial charge in [-0.2, -0.15) is 0 Å². The molecule has 2 rings (SSSR count). The number of carbonyl (C=O) groups excluding carboxylic acids is 2. The molecule has 0 fully saturated rings. The number of nitrogens with one attached hydrogen (secondary N) is 1. The largest absolute Gasteiger partial charge is 0.497 e. The monoisotopic (exact) mass is 367 g/mol. The van der Waals surface area contributed by atoms with Gasteiger partial charge in [0.25, 0.3) is 0 Å². The van der Waals surface area contributed by atoms with Crippen LogP contribution >= 0.6 is 0 Å². The van der Waals surface area contributed by atoms with Crippen LogP contribution in [0.5, 0.6) is 5.75 Å². The molecular formula is C23H29NO3. The van der Waals surface area contributed by atoms with Crippen LogP contribution in [0.25, 0.3) is 0 Å². The van der Waals surface area contributed by atoms with E-state index in [1.54, 1.807) is 7.11 Å². The number of methoxy groups -OCH3 is 1. The number of amides is 1. The normalized spacial score (nSPS) is 11.9. The smallest absolute Gasteiger partial charge is 0.220 e. The summed E-state index contributed by atoms with van der Waals surface area (Å²) in [6.45, 7) is 8.13. The summed E-state index contributed by atoms with van der Waals surface area (Å²) in [7, 11) is 1.63. The molecule has 2 aromatic rings. The molecule has 0 aliphatic rings. The van der Waals surface area contributed by atoms with Crippen LogP contribution in [0.1, 0.15) is 59.8 Å². The molecule has 2 aromatic carbocycles. The van der Waals surface area contributed by atoms with Gasteiger partial charge >= 0.3 is 0 Å². The molecule has 4 heteroatoms. The highest BCUT2D eigenvalue weighted by Crippen LogP contribution is 2.24. The maximum absolute atomic E-state index is 12.4. The predicted octanol–water partition coefficient (Wildman–Crippen LogP) is 4.79. The highest BCUT2D eigenvalue weighted by Gasteiger charge is 2.19. The van der Waals surface area contributed by atoms with Gasteiger partial charge in [-0.1, -0.05) is 38.1 Å². The SMILES string of the molecule is COc1ccc(C(NC(=O)CCC(=O)c2ccc(C)c(C)c2)C(C)C)cc1. The first-order valence-corrected chi connectivity index (χ1v) is 9.35. The van der Waals surface area contributed by atoms with Gasteiger partial charge in [-0.15, -0.1) is 0 Å². The molecule has 27 heavy (non-hydrogen) atoms. The summed E-state index contributed by atoms with van der Waals surface area (Å²) < 4.78 is 5.19. The molecule has 1 N–H and O–H groups in total. The summed E-state index contributed by atoms with van der Waals surface area (Å²) in [4.78, 5) is 24.8. The second-order valence-electron chi connectivity index (χ2n) is 7.28. The Kier molecular flexibility index (Phi) is 7.17. The Morgan fingerprint density at radius 2 is 1.63 bits per heavy atom. The van der Waals surface area contributed by atoms with E-state index in [0.717, 1.165) is 22.4 Å². The van der Waals surface area contributed by atoms with Crippen molar-refractivity contribution < 1.29 is 14.3 Å². The van der Waals surface area contributed by atoms with E-state index < -0.39 is 0 Å². The zero-order valence-corrected chi connectivity index (χ0v) is 16.8. The molecule has 0 heterocycles. The number of ether oxygens (including phenoxy) is 1. The van der Waals surface area contributed by atoms with E-state index in [-0.39, 0.29) is 36.5 Å². The fraction of sp³-hybridized carbons (Fsp3) is 0.391. The minimum atomic E-state index is -0.110. The Labute approximate surface area is 161 Å². The summed E-state index contributed by atoms with van der Waals surface area (Å²) in [6.07, 6.45) is 0.396. The highest BCUT2D eigenvalue weighted by atomic mass is 16.5. The highest BCUT2D eigenvalue weighted by molar-refractivity contribution is 5.98. The van der Waals surface area contributed by atoms with E-state index in [0.29, 0.717) is 5.56 Å². The van der Waals surface area contributed by atoms with Gasteiger partial charge in [0.2, 0.25) is 5.91 Å². The van der Waals surface area contributed by atoms with Crippen LogP contribution < -0.4 is 10.1 Å². The first-order valence-electron chi connectivity index (χ1n) is 9.35. The maximum Gasteiger partial charge on any atom is 0.220 e. The van der Waals surface area contributed by atoms with Crippen LogP contribution in [0.15, 0.2) is 42.5 Å². The van der Waals surface area contributed by atoms with Gasteiger partial charge in [-0.25, -0.2) is 0 Å². The first kappa shape index (κ1) is 20.7. The maximum atomic E-state index is 12.4. The summed E-state index contributed by atoms with van der Waals surface area (Å²) in [5.74, 6) is 0.907. The molecule has 0 aromatic heterocycles. The van der Waals surface area contributed by atoms with Crippen molar-refractivity contribution in [3.05, 3.63) is 64.7 Å². The van der Waals surface area contributed by atoms with Crippen LogP contribution in [0.4, 0.5) is 0 Å². The number of hydrogen-bond donors (Lipinski definition) is 1. The van der Waals surface area contributed by atoms with E-state index in [1.807, 2.05) is 56.3 Å². The van der Waals surface area contributed by atoms with E-state index >= 15 is 0 Å². The van der Waals surface area contributed by atoms with Crippen molar-refractivity contribution in [2.45, 2.75) is 46.6 Å². The molecule has 144 valence electrons. The topological polar surface area (TPSA) is 55.4 Å². The van der Waals surface area contributed by atoms with Gasteiger partial charge in [-0.3, -0.25) is 9.59 Å². The summed E-state index contributed by atoms with van der Waals surface area (Å²) >= 11 is 0. The lowest BCUT2D eigenvalue weighted by molar-refractivity contribution is -0.122. The van der Waals surface area contributed by atoms with E-state index in [4.69, 9.17) is 4.74 Å². The molecule has 0 bridgehead atoms. The Hall–Kier alpha value is -2.62. The van der Waals surface area contributed by atoms with Crippen LogP contribution in [0, 0.1) is 19.8 Å². The molecule has 0 aliphatic carbocycles.